The highest BCUT2D eigenvalue weighted by Gasteiger charge is 2.27. The summed E-state index contributed by atoms with van der Waals surface area (Å²) in [5.74, 6) is 1.89. The molecule has 6 nitrogen and oxygen atoms in total. The summed E-state index contributed by atoms with van der Waals surface area (Å²) in [7, 11) is 0. The summed E-state index contributed by atoms with van der Waals surface area (Å²) in [6.45, 7) is 31.1. The summed E-state index contributed by atoms with van der Waals surface area (Å²) in [5.41, 5.74) is 14.9. The normalized spacial score (nSPS) is 15.8. The van der Waals surface area contributed by atoms with Crippen LogP contribution in [0.25, 0.3) is 34.1 Å². The van der Waals surface area contributed by atoms with Gasteiger partial charge in [-0.3, -0.25) is 0 Å². The Morgan fingerprint density at radius 1 is 0.824 bits per heavy atom. The maximum atomic E-state index is 9.69. The summed E-state index contributed by atoms with van der Waals surface area (Å²) < 4.78 is 13.3. The van der Waals surface area contributed by atoms with Crippen molar-refractivity contribution in [2.75, 3.05) is 4.90 Å². The molecule has 0 amide bonds. The number of allylic oxidation sites excluding steroid dienone is 12. The van der Waals surface area contributed by atoms with Crippen LogP contribution in [0.3, 0.4) is 0 Å². The maximum absolute atomic E-state index is 9.69. The van der Waals surface area contributed by atoms with E-state index in [1.54, 1.807) is 0 Å². The van der Waals surface area contributed by atoms with Gasteiger partial charge in [0.15, 0.2) is 5.58 Å². The molecule has 1 unspecified atom stereocenters. The van der Waals surface area contributed by atoms with Gasteiger partial charge in [0.05, 0.1) is 41.2 Å². The first-order valence-corrected chi connectivity index (χ1v) is 26.1. The zero-order valence-electron chi connectivity index (χ0n) is 45.8. The van der Waals surface area contributed by atoms with Crippen molar-refractivity contribution >= 4 is 51.2 Å². The van der Waals surface area contributed by atoms with Crippen LogP contribution < -0.4 is 10.2 Å². The Morgan fingerprint density at radius 3 is 2.19 bits per heavy atom. The molecular weight excluding hydrogens is 905 g/mol. The summed E-state index contributed by atoms with van der Waals surface area (Å²) in [6, 6.07) is 39.0. The molecule has 8 rings (SSSR count). The number of nitrogens with one attached hydrogen (secondary N) is 1. The van der Waals surface area contributed by atoms with Crippen LogP contribution in [0.15, 0.2) is 203 Å². The molecule has 0 saturated heterocycles. The molecule has 2 aliphatic carbocycles. The fraction of sp³-hybridized carbons (Fsp3) is 0.265. The largest absolute Gasteiger partial charge is 0.460 e. The Labute approximate surface area is 443 Å². The number of nitrogens with zero attached hydrogens (tertiary/aromatic N) is 3. The average Bonchev–Trinajstić information content (AvgIpc) is 3.83. The first-order chi connectivity index (χ1) is 35.9. The van der Waals surface area contributed by atoms with Crippen LogP contribution >= 0.6 is 0 Å². The minimum absolute atomic E-state index is 0.346. The van der Waals surface area contributed by atoms with Gasteiger partial charge >= 0.3 is 0 Å². The van der Waals surface area contributed by atoms with E-state index in [-0.39, 0.29) is 5.41 Å². The molecule has 1 atom stereocenters. The van der Waals surface area contributed by atoms with Gasteiger partial charge in [-0.15, -0.1) is 6.58 Å². The molecule has 1 N–H and O–H groups in total. The van der Waals surface area contributed by atoms with Crippen LogP contribution in [0.5, 0.6) is 0 Å². The van der Waals surface area contributed by atoms with E-state index in [2.05, 4.69) is 167 Å². The standard InChI is InChI=1S/C56H57N3O2.C8H7N.2C2H6/c1-10-13-18-41(16-11-2)35-52(60-40(7)37(4)12-3)39(6)58-53-31-25-42-24-29-46-49(34-42)44(32-33-56(53,8)9)26-30-50(46)59(45-27-22-43(36-57)23-28-45)51-21-15-20-48-47-19-14-17-38(5)54(47)61-55(48)51;9-7-6-8-4-2-1-3-5-8;2*1-2/h10-15,17,19-33,41,58H,2,7,16,18,34-35H2,1,3-6,8-9H3;1-5H,6H2;2*1-2H3/b13-10-,33-32-,37-12-,42-25-,52-39-,53-31+;;;. The summed E-state index contributed by atoms with van der Waals surface area (Å²) in [5, 5.41) is 23.9. The lowest BCUT2D eigenvalue weighted by Gasteiger charge is -2.31. The van der Waals surface area contributed by atoms with Gasteiger partial charge in [-0.1, -0.05) is 170 Å². The first-order valence-electron chi connectivity index (χ1n) is 26.1. The van der Waals surface area contributed by atoms with Crippen LogP contribution in [0.2, 0.25) is 0 Å². The SMILES string of the molecule is C=CCC(C/C=C\C)C/C(OC(=C)/C(C)=C\C)=C(\C)N/C1=C/C=C2/C=Cc3c(N(c4ccc(C#N)cc4)c4cccc5c4oc4c(C)cccc45)ccc(c3C2)/C=C\C1(C)C.CC.CC.N#CCc1ccccc1. The van der Waals surface area contributed by atoms with Crippen LogP contribution in [-0.4, -0.2) is 0 Å². The van der Waals surface area contributed by atoms with Crippen LogP contribution in [0.1, 0.15) is 122 Å². The van der Waals surface area contributed by atoms with E-state index in [0.29, 0.717) is 23.7 Å². The Bertz CT molecular complexity index is 3210. The van der Waals surface area contributed by atoms with Crippen molar-refractivity contribution in [1.82, 2.24) is 5.32 Å². The number of furan rings is 1. The highest BCUT2D eigenvalue weighted by atomic mass is 16.5. The Balaban J connectivity index is 0.000000692. The Morgan fingerprint density at radius 2 is 1.53 bits per heavy atom. The molecule has 1 heterocycles. The van der Waals surface area contributed by atoms with E-state index in [1.807, 2.05) is 108 Å². The molecule has 5 aromatic carbocycles. The van der Waals surface area contributed by atoms with E-state index in [9.17, 15) is 5.26 Å². The predicted molar refractivity (Wildman–Crippen MR) is 316 cm³/mol. The summed E-state index contributed by atoms with van der Waals surface area (Å²) in [6.07, 6.45) is 25.8. The second-order valence-electron chi connectivity index (χ2n) is 18.5. The number of hydrogen-bond donors (Lipinski definition) is 1. The van der Waals surface area contributed by atoms with E-state index in [0.717, 1.165) is 104 Å². The van der Waals surface area contributed by atoms with E-state index in [4.69, 9.17) is 14.4 Å². The molecule has 380 valence electrons. The number of benzene rings is 5. The Hall–Kier alpha value is -8.06. The number of nitriles is 2. The van der Waals surface area contributed by atoms with E-state index in [1.165, 1.54) is 16.7 Å². The number of aryl methyl sites for hydroxylation is 1. The molecule has 2 aliphatic rings. The molecular formula is C68H76N4O2. The van der Waals surface area contributed by atoms with Gasteiger partial charge in [0, 0.05) is 39.6 Å². The molecule has 0 aliphatic heterocycles. The average molecular weight is 981 g/mol. The van der Waals surface area contributed by atoms with Crippen molar-refractivity contribution in [3.05, 3.63) is 232 Å². The van der Waals surface area contributed by atoms with E-state index < -0.39 is 0 Å². The zero-order chi connectivity index (χ0) is 53.8. The lowest BCUT2D eigenvalue weighted by atomic mass is 9.83. The van der Waals surface area contributed by atoms with Gasteiger partial charge in [-0.25, -0.2) is 0 Å². The van der Waals surface area contributed by atoms with Crippen molar-refractivity contribution in [2.24, 2.45) is 11.3 Å². The number of rotatable bonds is 15. The number of anilines is 3. The quantitative estimate of drug-likeness (QED) is 0.0627. The fourth-order valence-electron chi connectivity index (χ4n) is 8.89. The molecule has 0 fully saturated rings. The topological polar surface area (TPSA) is 85.2 Å². The summed E-state index contributed by atoms with van der Waals surface area (Å²) >= 11 is 0. The smallest absolute Gasteiger partial charge is 0.159 e. The van der Waals surface area contributed by atoms with Crippen LogP contribution in [-0.2, 0) is 17.6 Å². The van der Waals surface area contributed by atoms with Gasteiger partial charge in [0.25, 0.3) is 0 Å². The third-order valence-electron chi connectivity index (χ3n) is 13.2. The Kier molecular flexibility index (Phi) is 21.3. The zero-order valence-corrected chi connectivity index (χ0v) is 45.8. The molecule has 0 saturated carbocycles. The van der Waals surface area contributed by atoms with E-state index >= 15 is 0 Å². The number of ether oxygens (including phenoxy) is 1. The molecule has 0 radical (unpaired) electrons. The van der Waals surface area contributed by atoms with Crippen molar-refractivity contribution in [1.29, 1.82) is 10.5 Å². The monoisotopic (exact) mass is 981 g/mol. The highest BCUT2D eigenvalue weighted by molar-refractivity contribution is 6.11. The summed E-state index contributed by atoms with van der Waals surface area (Å²) in [4.78, 5) is 2.28. The third-order valence-corrected chi connectivity index (χ3v) is 13.2. The molecule has 2 bridgehead atoms. The van der Waals surface area contributed by atoms with Gasteiger partial charge in [-0.2, -0.15) is 10.5 Å². The van der Waals surface area contributed by atoms with Crippen molar-refractivity contribution in [3.8, 4) is 12.1 Å². The lowest BCUT2D eigenvalue weighted by Crippen LogP contribution is -2.26. The third kappa shape index (κ3) is 13.9. The van der Waals surface area contributed by atoms with Crippen molar-refractivity contribution in [3.63, 3.8) is 0 Å². The molecule has 74 heavy (non-hydrogen) atoms. The number of hydrogen-bond acceptors (Lipinski definition) is 6. The second kappa shape index (κ2) is 27.7. The molecule has 6 aromatic rings. The fourth-order valence-corrected chi connectivity index (χ4v) is 8.89. The van der Waals surface area contributed by atoms with Gasteiger partial charge < -0.3 is 19.4 Å². The highest BCUT2D eigenvalue weighted by Crippen LogP contribution is 2.46. The van der Waals surface area contributed by atoms with Gasteiger partial charge in [0.2, 0.25) is 0 Å². The first kappa shape index (κ1) is 56.8. The van der Waals surface area contributed by atoms with Gasteiger partial charge in [0.1, 0.15) is 17.1 Å². The number of fused-ring (bicyclic) bond motifs is 4. The molecule has 1 aromatic heterocycles. The predicted octanol–water partition coefficient (Wildman–Crippen LogP) is 19.3. The molecule has 0 spiro atoms. The van der Waals surface area contributed by atoms with Crippen LogP contribution in [0.4, 0.5) is 17.1 Å². The molecule has 6 heteroatoms. The minimum atomic E-state index is -0.365. The maximum Gasteiger partial charge on any atom is 0.159 e. The van der Waals surface area contributed by atoms with Crippen molar-refractivity contribution in [2.45, 2.75) is 108 Å². The second-order valence-corrected chi connectivity index (χ2v) is 18.5. The lowest BCUT2D eigenvalue weighted by molar-refractivity contribution is 0.272. The number of para-hydroxylation sites is 2. The van der Waals surface area contributed by atoms with Crippen LogP contribution in [0, 0.1) is 40.9 Å². The minimum Gasteiger partial charge on any atom is -0.460 e. The van der Waals surface area contributed by atoms with Crippen molar-refractivity contribution < 1.29 is 9.15 Å². The van der Waals surface area contributed by atoms with Gasteiger partial charge in [-0.05, 0) is 136 Å².